The maximum Gasteiger partial charge on any atom is 0.254 e. The number of carbonyl (C=O) groups is 1. The van der Waals surface area contributed by atoms with E-state index in [4.69, 9.17) is 9.47 Å². The lowest BCUT2D eigenvalue weighted by Gasteiger charge is -2.29. The Hall–Kier alpha value is -1.64. The number of nitrogens with one attached hydrogen (secondary N) is 1. The molecule has 0 aromatic heterocycles. The standard InChI is InChI=1S/C16H24N2O5S/c1-22-10-8-16(17-24(3,20)21)7-9-18(12-16)15(19)13-5-4-6-14(11-13)23-2/h4-6,11,17H,7-10,12H2,1-3H3. The van der Waals surface area contributed by atoms with Gasteiger partial charge in [0.15, 0.2) is 0 Å². The Labute approximate surface area is 143 Å². The van der Waals surface area contributed by atoms with Crippen LogP contribution in [0.5, 0.6) is 5.75 Å². The van der Waals surface area contributed by atoms with Crippen molar-refractivity contribution in [3.8, 4) is 5.75 Å². The third-order valence-corrected chi connectivity index (χ3v) is 4.95. The highest BCUT2D eigenvalue weighted by atomic mass is 32.2. The van der Waals surface area contributed by atoms with E-state index in [1.165, 1.54) is 0 Å². The van der Waals surface area contributed by atoms with Gasteiger partial charge >= 0.3 is 0 Å². The summed E-state index contributed by atoms with van der Waals surface area (Å²) in [7, 11) is -0.266. The van der Waals surface area contributed by atoms with Gasteiger partial charge in [-0.3, -0.25) is 4.79 Å². The molecule has 1 saturated heterocycles. The first kappa shape index (κ1) is 18.7. The second-order valence-electron chi connectivity index (χ2n) is 6.11. The predicted octanol–water partition coefficient (Wildman–Crippen LogP) is 0.866. The number of rotatable bonds is 7. The van der Waals surface area contributed by atoms with Gasteiger partial charge in [0.05, 0.1) is 18.9 Å². The molecule has 134 valence electrons. The maximum atomic E-state index is 12.7. The molecule has 0 aliphatic carbocycles. The summed E-state index contributed by atoms with van der Waals surface area (Å²) in [4.78, 5) is 14.4. The molecular weight excluding hydrogens is 332 g/mol. The van der Waals surface area contributed by atoms with Gasteiger partial charge in [0.2, 0.25) is 10.0 Å². The number of sulfonamides is 1. The zero-order valence-electron chi connectivity index (χ0n) is 14.2. The molecule has 1 atom stereocenters. The van der Waals surface area contributed by atoms with Crippen molar-refractivity contribution < 1.29 is 22.7 Å². The minimum atomic E-state index is -3.38. The quantitative estimate of drug-likeness (QED) is 0.783. The molecule has 2 rings (SSSR count). The van der Waals surface area contributed by atoms with Crippen LogP contribution >= 0.6 is 0 Å². The normalized spacial score (nSPS) is 21.0. The van der Waals surface area contributed by atoms with Gasteiger partial charge in [0.1, 0.15) is 5.75 Å². The second-order valence-corrected chi connectivity index (χ2v) is 7.85. The van der Waals surface area contributed by atoms with Gasteiger partial charge in [-0.05, 0) is 31.0 Å². The number of benzene rings is 1. The van der Waals surface area contributed by atoms with Gasteiger partial charge in [-0.15, -0.1) is 0 Å². The minimum absolute atomic E-state index is 0.136. The Morgan fingerprint density at radius 2 is 2.12 bits per heavy atom. The molecule has 1 amide bonds. The van der Waals surface area contributed by atoms with Crippen molar-refractivity contribution in [2.45, 2.75) is 18.4 Å². The van der Waals surface area contributed by atoms with Crippen LogP contribution in [0.2, 0.25) is 0 Å². The van der Waals surface area contributed by atoms with Crippen LogP contribution in [0.25, 0.3) is 0 Å². The summed E-state index contributed by atoms with van der Waals surface area (Å²) in [6, 6.07) is 6.94. The number of ether oxygens (including phenoxy) is 2. The Balaban J connectivity index is 2.16. The molecule has 1 aromatic carbocycles. The number of hydrogen-bond acceptors (Lipinski definition) is 5. The van der Waals surface area contributed by atoms with Crippen molar-refractivity contribution in [3.63, 3.8) is 0 Å². The number of hydrogen-bond donors (Lipinski definition) is 1. The molecule has 7 nitrogen and oxygen atoms in total. The summed E-state index contributed by atoms with van der Waals surface area (Å²) in [6.45, 7) is 1.23. The molecule has 1 aliphatic heterocycles. The average molecular weight is 356 g/mol. The predicted molar refractivity (Wildman–Crippen MR) is 90.7 cm³/mol. The number of nitrogens with zero attached hydrogens (tertiary/aromatic N) is 1. The summed E-state index contributed by atoms with van der Waals surface area (Å²) in [5.74, 6) is 0.475. The highest BCUT2D eigenvalue weighted by molar-refractivity contribution is 7.88. The van der Waals surface area contributed by atoms with Crippen molar-refractivity contribution >= 4 is 15.9 Å². The Bertz CT molecular complexity index is 691. The summed E-state index contributed by atoms with van der Waals surface area (Å²) in [6.07, 6.45) is 2.20. The average Bonchev–Trinajstić information content (AvgIpc) is 2.94. The van der Waals surface area contributed by atoms with E-state index in [9.17, 15) is 13.2 Å². The monoisotopic (exact) mass is 356 g/mol. The summed E-state index contributed by atoms with van der Waals surface area (Å²) >= 11 is 0. The van der Waals surface area contributed by atoms with Crippen LogP contribution in [0.1, 0.15) is 23.2 Å². The zero-order chi connectivity index (χ0) is 17.8. The molecule has 24 heavy (non-hydrogen) atoms. The SMILES string of the molecule is COCCC1(NS(C)(=O)=O)CCN(C(=O)c2cccc(OC)c2)C1. The lowest BCUT2D eigenvalue weighted by atomic mass is 9.96. The van der Waals surface area contributed by atoms with Gasteiger partial charge in [0, 0.05) is 32.4 Å². The van der Waals surface area contributed by atoms with E-state index in [1.807, 2.05) is 0 Å². The smallest absolute Gasteiger partial charge is 0.254 e. The second kappa shape index (κ2) is 7.50. The molecule has 1 aliphatic rings. The molecule has 0 radical (unpaired) electrons. The van der Waals surface area contributed by atoms with Crippen LogP contribution in [0.15, 0.2) is 24.3 Å². The maximum absolute atomic E-state index is 12.7. The fourth-order valence-electron chi connectivity index (χ4n) is 3.01. The van der Waals surface area contributed by atoms with E-state index >= 15 is 0 Å². The van der Waals surface area contributed by atoms with Crippen LogP contribution < -0.4 is 9.46 Å². The lowest BCUT2D eigenvalue weighted by molar-refractivity contribution is 0.0775. The molecule has 0 bridgehead atoms. The van der Waals surface area contributed by atoms with Gasteiger partial charge in [-0.2, -0.15) is 0 Å². The highest BCUT2D eigenvalue weighted by Gasteiger charge is 2.41. The summed E-state index contributed by atoms with van der Waals surface area (Å²) in [5.41, 5.74) is -0.158. The van der Waals surface area contributed by atoms with Crippen molar-refractivity contribution in [2.75, 3.05) is 40.2 Å². The van der Waals surface area contributed by atoms with Crippen LogP contribution in [-0.2, 0) is 14.8 Å². The molecule has 1 aromatic rings. The molecule has 0 saturated carbocycles. The summed E-state index contributed by atoms with van der Waals surface area (Å²) in [5, 5.41) is 0. The zero-order valence-corrected chi connectivity index (χ0v) is 15.1. The largest absolute Gasteiger partial charge is 0.497 e. The van der Waals surface area contributed by atoms with E-state index in [0.29, 0.717) is 43.9 Å². The van der Waals surface area contributed by atoms with Crippen LogP contribution in [0.4, 0.5) is 0 Å². The first-order valence-electron chi connectivity index (χ1n) is 7.70. The Morgan fingerprint density at radius 3 is 2.75 bits per heavy atom. The molecule has 1 fully saturated rings. The van der Waals surface area contributed by atoms with Crippen LogP contribution in [0.3, 0.4) is 0 Å². The number of amides is 1. The van der Waals surface area contributed by atoms with Crippen molar-refractivity contribution in [3.05, 3.63) is 29.8 Å². The number of methoxy groups -OCH3 is 2. The Morgan fingerprint density at radius 1 is 1.38 bits per heavy atom. The lowest BCUT2D eigenvalue weighted by Crippen LogP contribution is -2.51. The van der Waals surface area contributed by atoms with Crippen LogP contribution in [-0.4, -0.2) is 64.9 Å². The van der Waals surface area contributed by atoms with E-state index in [1.54, 1.807) is 43.4 Å². The minimum Gasteiger partial charge on any atom is -0.497 e. The fraction of sp³-hybridized carbons (Fsp3) is 0.562. The van der Waals surface area contributed by atoms with Crippen molar-refractivity contribution in [1.82, 2.24) is 9.62 Å². The van der Waals surface area contributed by atoms with Gasteiger partial charge in [0.25, 0.3) is 5.91 Å². The molecule has 1 heterocycles. The van der Waals surface area contributed by atoms with Crippen molar-refractivity contribution in [1.29, 1.82) is 0 Å². The third kappa shape index (κ3) is 4.68. The highest BCUT2D eigenvalue weighted by Crippen LogP contribution is 2.27. The Kier molecular flexibility index (Phi) is 5.84. The molecule has 0 spiro atoms. The van der Waals surface area contributed by atoms with E-state index < -0.39 is 15.6 Å². The molecule has 1 unspecified atom stereocenters. The molecule has 8 heteroatoms. The summed E-state index contributed by atoms with van der Waals surface area (Å²) < 4.78 is 36.4. The molecular formula is C16H24N2O5S. The van der Waals surface area contributed by atoms with E-state index in [0.717, 1.165) is 6.26 Å². The van der Waals surface area contributed by atoms with E-state index in [-0.39, 0.29) is 5.91 Å². The van der Waals surface area contributed by atoms with E-state index in [2.05, 4.69) is 4.72 Å². The molecule has 1 N–H and O–H groups in total. The first-order valence-corrected chi connectivity index (χ1v) is 9.59. The van der Waals surface area contributed by atoms with Crippen molar-refractivity contribution in [2.24, 2.45) is 0 Å². The van der Waals surface area contributed by atoms with Gasteiger partial charge in [-0.1, -0.05) is 6.07 Å². The fourth-order valence-corrected chi connectivity index (χ4v) is 4.07. The third-order valence-electron chi connectivity index (χ3n) is 4.14. The van der Waals surface area contributed by atoms with Gasteiger partial charge in [-0.25, -0.2) is 13.1 Å². The first-order chi connectivity index (χ1) is 11.3. The number of likely N-dealkylation sites (tertiary alicyclic amines) is 1. The topological polar surface area (TPSA) is 84.9 Å². The number of carbonyl (C=O) groups excluding carboxylic acids is 1. The van der Waals surface area contributed by atoms with Gasteiger partial charge < -0.3 is 14.4 Å². The van der Waals surface area contributed by atoms with Crippen LogP contribution in [0, 0.1) is 0 Å².